The average Bonchev–Trinajstić information content (AvgIpc) is 2.89. The Morgan fingerprint density at radius 2 is 1.73 bits per heavy atom. The van der Waals surface area contributed by atoms with Crippen LogP contribution in [0.25, 0.3) is 10.2 Å². The predicted octanol–water partition coefficient (Wildman–Crippen LogP) is 3.32. The van der Waals surface area contributed by atoms with Gasteiger partial charge in [-0.2, -0.15) is 4.57 Å². The highest BCUT2D eigenvalue weighted by Gasteiger charge is 2.18. The number of nitro benzene ring substituents is 1. The Morgan fingerprint density at radius 3 is 2.23 bits per heavy atom. The molecule has 0 fully saturated rings. The monoisotopic (exact) mass is 394 g/mol. The minimum atomic E-state index is -4.27. The summed E-state index contributed by atoms with van der Waals surface area (Å²) in [6, 6.07) is 10.8. The van der Waals surface area contributed by atoms with Crippen molar-refractivity contribution in [1.29, 1.82) is 0 Å². The summed E-state index contributed by atoms with van der Waals surface area (Å²) < 4.78 is 34.3. The molecular weight excluding hydrogens is 376 g/mol. The summed E-state index contributed by atoms with van der Waals surface area (Å²) in [5.74, 6) is 0. The van der Waals surface area contributed by atoms with E-state index < -0.39 is 10.1 Å². The second kappa shape index (κ2) is 7.90. The van der Waals surface area contributed by atoms with Crippen molar-refractivity contribution in [3.8, 4) is 0 Å². The van der Waals surface area contributed by atoms with Gasteiger partial charge in [0.05, 0.1) is 9.82 Å². The number of hydrogen-bond acceptors (Lipinski definition) is 6. The van der Waals surface area contributed by atoms with E-state index in [1.165, 1.54) is 17.1 Å². The molecule has 3 aromatic rings. The standard InChI is InChI=1S/C10H11N2O2S.C7H8O3S/c1-3-11-7(2)15-10-6-8(12(13)14)4-5-9(10)11;1-6-2-4-7(5-3-6)11(8,9)10/h4-6H,3H2,1-2H3;2-5H,1H3,(H,8,9,10)/q+1;/p-1. The van der Waals surface area contributed by atoms with E-state index >= 15 is 0 Å². The first kappa shape index (κ1) is 20.0. The van der Waals surface area contributed by atoms with E-state index in [0.717, 1.165) is 22.3 Å². The molecule has 9 heteroatoms. The van der Waals surface area contributed by atoms with Crippen LogP contribution in [0.4, 0.5) is 5.69 Å². The summed E-state index contributed by atoms with van der Waals surface area (Å²) >= 11 is 1.59. The van der Waals surface area contributed by atoms with Gasteiger partial charge in [-0.15, -0.1) is 0 Å². The Balaban J connectivity index is 0.000000197. The molecular formula is C17H18N2O5S2. The number of rotatable bonds is 3. The van der Waals surface area contributed by atoms with Gasteiger partial charge < -0.3 is 4.55 Å². The van der Waals surface area contributed by atoms with Crippen LogP contribution in [0.3, 0.4) is 0 Å². The molecule has 3 rings (SSSR count). The Labute approximate surface area is 155 Å². The zero-order valence-corrected chi connectivity index (χ0v) is 16.1. The quantitative estimate of drug-likeness (QED) is 0.293. The van der Waals surface area contributed by atoms with Crippen molar-refractivity contribution >= 4 is 37.4 Å². The largest absolute Gasteiger partial charge is 0.744 e. The van der Waals surface area contributed by atoms with Gasteiger partial charge in [-0.3, -0.25) is 10.1 Å². The minimum absolute atomic E-state index is 0.159. The van der Waals surface area contributed by atoms with Crippen molar-refractivity contribution in [2.75, 3.05) is 0 Å². The number of aryl methyl sites for hydroxylation is 3. The van der Waals surface area contributed by atoms with Gasteiger partial charge in [0.1, 0.15) is 21.4 Å². The van der Waals surface area contributed by atoms with Crippen LogP contribution < -0.4 is 4.57 Å². The smallest absolute Gasteiger partial charge is 0.271 e. The van der Waals surface area contributed by atoms with Gasteiger partial charge in [-0.05, 0) is 26.0 Å². The minimum Gasteiger partial charge on any atom is -0.744 e. The highest BCUT2D eigenvalue weighted by molar-refractivity contribution is 7.85. The topological polar surface area (TPSA) is 104 Å². The maximum absolute atomic E-state index is 10.6. The van der Waals surface area contributed by atoms with Crippen LogP contribution in [0, 0.1) is 24.0 Å². The molecule has 0 bridgehead atoms. The third kappa shape index (κ3) is 4.63. The molecule has 7 nitrogen and oxygen atoms in total. The Bertz CT molecular complexity index is 1040. The maximum Gasteiger partial charge on any atom is 0.271 e. The molecule has 0 aliphatic heterocycles. The third-order valence-electron chi connectivity index (χ3n) is 3.71. The van der Waals surface area contributed by atoms with Crippen LogP contribution in [-0.4, -0.2) is 17.9 Å². The molecule has 0 spiro atoms. The predicted molar refractivity (Wildman–Crippen MR) is 98.2 cm³/mol. The molecule has 0 aliphatic carbocycles. The number of thiazole rings is 1. The van der Waals surface area contributed by atoms with Crippen molar-refractivity contribution in [3.05, 3.63) is 63.1 Å². The highest BCUT2D eigenvalue weighted by Crippen LogP contribution is 2.24. The van der Waals surface area contributed by atoms with Crippen LogP contribution in [0.2, 0.25) is 0 Å². The van der Waals surface area contributed by atoms with Crippen molar-refractivity contribution in [1.82, 2.24) is 0 Å². The second-order valence-corrected chi connectivity index (χ2v) is 8.16. The van der Waals surface area contributed by atoms with Crippen molar-refractivity contribution in [2.45, 2.75) is 32.2 Å². The van der Waals surface area contributed by atoms with Crippen LogP contribution >= 0.6 is 11.3 Å². The second-order valence-electron chi connectivity index (χ2n) is 5.54. The lowest BCUT2D eigenvalue weighted by molar-refractivity contribution is -0.669. The lowest BCUT2D eigenvalue weighted by atomic mass is 10.2. The lowest BCUT2D eigenvalue weighted by Crippen LogP contribution is -2.33. The molecule has 138 valence electrons. The fraction of sp³-hybridized carbons (Fsp3) is 0.235. The third-order valence-corrected chi connectivity index (χ3v) is 5.62. The number of fused-ring (bicyclic) bond motifs is 1. The van der Waals surface area contributed by atoms with E-state index in [-0.39, 0.29) is 15.5 Å². The van der Waals surface area contributed by atoms with Gasteiger partial charge >= 0.3 is 0 Å². The summed E-state index contributed by atoms with van der Waals surface area (Å²) in [5.41, 5.74) is 2.16. The van der Waals surface area contributed by atoms with E-state index in [2.05, 4.69) is 11.5 Å². The fourth-order valence-electron chi connectivity index (χ4n) is 2.40. The van der Waals surface area contributed by atoms with E-state index in [1.54, 1.807) is 35.6 Å². The van der Waals surface area contributed by atoms with Crippen molar-refractivity contribution in [3.63, 3.8) is 0 Å². The molecule has 26 heavy (non-hydrogen) atoms. The molecule has 0 radical (unpaired) electrons. The van der Waals surface area contributed by atoms with Gasteiger partial charge in [-0.25, -0.2) is 8.42 Å². The lowest BCUT2D eigenvalue weighted by Gasteiger charge is -2.05. The molecule has 0 saturated carbocycles. The highest BCUT2D eigenvalue weighted by atomic mass is 32.2. The Hall–Kier alpha value is -2.36. The molecule has 2 aromatic carbocycles. The molecule has 0 saturated heterocycles. The first-order valence-corrected chi connectivity index (χ1v) is 9.96. The molecule has 0 atom stereocenters. The zero-order valence-electron chi connectivity index (χ0n) is 14.5. The van der Waals surface area contributed by atoms with Gasteiger partial charge in [0.25, 0.3) is 5.69 Å². The average molecular weight is 394 g/mol. The van der Waals surface area contributed by atoms with Crippen LogP contribution in [0.15, 0.2) is 47.4 Å². The summed E-state index contributed by atoms with van der Waals surface area (Å²) in [4.78, 5) is 10.1. The van der Waals surface area contributed by atoms with Crippen molar-refractivity contribution in [2.24, 2.45) is 0 Å². The van der Waals surface area contributed by atoms with Gasteiger partial charge in [0.15, 0.2) is 0 Å². The SMILES string of the molecule is CC[n+]1c(C)sc2cc([N+](=O)[O-])ccc21.Cc1ccc(S(=O)(=O)[O-])cc1. The van der Waals surface area contributed by atoms with Gasteiger partial charge in [0, 0.05) is 25.1 Å². The molecule has 0 aliphatic rings. The number of nitro groups is 1. The zero-order chi connectivity index (χ0) is 19.5. The summed E-state index contributed by atoms with van der Waals surface area (Å²) in [6.07, 6.45) is 0. The van der Waals surface area contributed by atoms with E-state index in [4.69, 9.17) is 0 Å². The molecule has 1 heterocycles. The molecule has 1 aromatic heterocycles. The van der Waals surface area contributed by atoms with Crippen LogP contribution in [0.5, 0.6) is 0 Å². The summed E-state index contributed by atoms with van der Waals surface area (Å²) in [7, 11) is -4.27. The summed E-state index contributed by atoms with van der Waals surface area (Å²) in [5, 5.41) is 11.8. The normalized spacial score (nSPS) is 11.1. The van der Waals surface area contributed by atoms with Crippen LogP contribution in [-0.2, 0) is 16.7 Å². The fourth-order valence-corrected chi connectivity index (χ4v) is 3.99. The number of hydrogen-bond donors (Lipinski definition) is 0. The first-order chi connectivity index (χ1) is 12.1. The molecule has 0 unspecified atom stereocenters. The number of aromatic nitrogens is 1. The Morgan fingerprint density at radius 1 is 1.12 bits per heavy atom. The van der Waals surface area contributed by atoms with E-state index in [1.807, 2.05) is 19.9 Å². The number of non-ortho nitro benzene ring substituents is 1. The van der Waals surface area contributed by atoms with Gasteiger partial charge in [-0.1, -0.05) is 29.0 Å². The Kier molecular flexibility index (Phi) is 6.06. The number of benzene rings is 2. The molecule has 0 N–H and O–H groups in total. The van der Waals surface area contributed by atoms with Crippen LogP contribution in [0.1, 0.15) is 17.5 Å². The van der Waals surface area contributed by atoms with Crippen molar-refractivity contribution < 1.29 is 22.5 Å². The van der Waals surface area contributed by atoms with Gasteiger partial charge in [0.2, 0.25) is 10.5 Å². The van der Waals surface area contributed by atoms with E-state index in [0.29, 0.717) is 0 Å². The van der Waals surface area contributed by atoms with E-state index in [9.17, 15) is 23.1 Å². The first-order valence-electron chi connectivity index (χ1n) is 7.73. The summed E-state index contributed by atoms with van der Waals surface area (Å²) in [6.45, 7) is 6.81. The molecule has 0 amide bonds. The maximum atomic E-state index is 10.6. The number of nitrogens with zero attached hydrogens (tertiary/aromatic N) is 2.